The van der Waals surface area contributed by atoms with E-state index in [1.54, 1.807) is 11.3 Å². The van der Waals surface area contributed by atoms with Gasteiger partial charge in [0.15, 0.2) is 0 Å². The molecule has 1 saturated heterocycles. The maximum atomic E-state index is 11.8. The summed E-state index contributed by atoms with van der Waals surface area (Å²) >= 11 is 3.63. The SMILES string of the molecule is CCNC(=O)N1CCSC1c1ccc(C)s1. The zero-order valence-corrected chi connectivity index (χ0v) is 11.2. The van der Waals surface area contributed by atoms with Crippen LogP contribution in [-0.4, -0.2) is 29.8 Å². The van der Waals surface area contributed by atoms with Crippen molar-refractivity contribution in [1.82, 2.24) is 10.2 Å². The molecule has 0 aliphatic carbocycles. The molecule has 2 amide bonds. The molecular weight excluding hydrogens is 240 g/mol. The maximum absolute atomic E-state index is 11.8. The van der Waals surface area contributed by atoms with Crippen molar-refractivity contribution in [2.24, 2.45) is 0 Å². The molecule has 5 heteroatoms. The fourth-order valence-electron chi connectivity index (χ4n) is 1.75. The summed E-state index contributed by atoms with van der Waals surface area (Å²) in [4.78, 5) is 16.4. The Morgan fingerprint density at radius 3 is 3.06 bits per heavy atom. The smallest absolute Gasteiger partial charge is 0.318 e. The molecular formula is C11H16N2OS2. The van der Waals surface area contributed by atoms with Crippen LogP contribution in [0.3, 0.4) is 0 Å². The second kappa shape index (κ2) is 5.10. The minimum absolute atomic E-state index is 0.0588. The van der Waals surface area contributed by atoms with E-state index < -0.39 is 0 Å². The molecule has 1 aromatic heterocycles. The van der Waals surface area contributed by atoms with Crippen LogP contribution in [-0.2, 0) is 0 Å². The molecule has 0 aromatic carbocycles. The van der Waals surface area contributed by atoms with Gasteiger partial charge in [0.05, 0.1) is 0 Å². The van der Waals surface area contributed by atoms with Crippen LogP contribution in [0, 0.1) is 6.92 Å². The Bertz CT molecular complexity index is 378. The third kappa shape index (κ3) is 2.35. The molecule has 1 aliphatic heterocycles. The van der Waals surface area contributed by atoms with E-state index in [-0.39, 0.29) is 11.4 Å². The van der Waals surface area contributed by atoms with Gasteiger partial charge in [-0.2, -0.15) is 0 Å². The number of nitrogens with zero attached hydrogens (tertiary/aromatic N) is 1. The van der Waals surface area contributed by atoms with Crippen molar-refractivity contribution in [3.63, 3.8) is 0 Å². The number of carbonyl (C=O) groups excluding carboxylic acids is 1. The molecule has 16 heavy (non-hydrogen) atoms. The van der Waals surface area contributed by atoms with E-state index >= 15 is 0 Å². The van der Waals surface area contributed by atoms with E-state index in [9.17, 15) is 4.79 Å². The molecule has 1 N–H and O–H groups in total. The Morgan fingerprint density at radius 1 is 1.62 bits per heavy atom. The predicted molar refractivity (Wildman–Crippen MR) is 70.0 cm³/mol. The molecule has 2 heterocycles. The number of urea groups is 1. The largest absolute Gasteiger partial charge is 0.338 e. The van der Waals surface area contributed by atoms with Crippen LogP contribution in [0.2, 0.25) is 0 Å². The Morgan fingerprint density at radius 2 is 2.44 bits per heavy atom. The highest BCUT2D eigenvalue weighted by Crippen LogP contribution is 2.40. The maximum Gasteiger partial charge on any atom is 0.318 e. The van der Waals surface area contributed by atoms with Gasteiger partial charge in [-0.05, 0) is 26.0 Å². The highest BCUT2D eigenvalue weighted by atomic mass is 32.2. The van der Waals surface area contributed by atoms with Crippen LogP contribution in [0.1, 0.15) is 22.1 Å². The lowest BCUT2D eigenvalue weighted by Gasteiger charge is -2.22. The minimum Gasteiger partial charge on any atom is -0.338 e. The quantitative estimate of drug-likeness (QED) is 0.882. The van der Waals surface area contributed by atoms with Crippen LogP contribution in [0.15, 0.2) is 12.1 Å². The zero-order valence-electron chi connectivity index (χ0n) is 9.53. The lowest BCUT2D eigenvalue weighted by molar-refractivity contribution is 0.201. The van der Waals surface area contributed by atoms with Crippen LogP contribution in [0.5, 0.6) is 0 Å². The van der Waals surface area contributed by atoms with Gasteiger partial charge in [0.1, 0.15) is 5.37 Å². The van der Waals surface area contributed by atoms with Gasteiger partial charge in [-0.25, -0.2) is 4.79 Å². The van der Waals surface area contributed by atoms with Gasteiger partial charge < -0.3 is 10.2 Å². The van der Waals surface area contributed by atoms with E-state index in [1.807, 2.05) is 23.6 Å². The number of aryl methyl sites for hydroxylation is 1. The van der Waals surface area contributed by atoms with Gasteiger partial charge >= 0.3 is 6.03 Å². The topological polar surface area (TPSA) is 32.3 Å². The highest BCUT2D eigenvalue weighted by Gasteiger charge is 2.31. The fraction of sp³-hybridized carbons (Fsp3) is 0.545. The molecule has 0 bridgehead atoms. The van der Waals surface area contributed by atoms with Crippen LogP contribution < -0.4 is 5.32 Å². The standard InChI is InChI=1S/C11H16N2OS2/c1-3-12-11(14)13-6-7-15-10(13)9-5-4-8(2)16-9/h4-5,10H,3,6-7H2,1-2H3,(H,12,14). The van der Waals surface area contributed by atoms with Crippen molar-refractivity contribution >= 4 is 29.1 Å². The van der Waals surface area contributed by atoms with Gasteiger partial charge in [0, 0.05) is 28.6 Å². The van der Waals surface area contributed by atoms with Crippen LogP contribution in [0.4, 0.5) is 4.79 Å². The van der Waals surface area contributed by atoms with E-state index in [0.717, 1.165) is 12.3 Å². The summed E-state index contributed by atoms with van der Waals surface area (Å²) in [6.07, 6.45) is 0. The molecule has 1 atom stereocenters. The van der Waals surface area contributed by atoms with E-state index in [4.69, 9.17) is 0 Å². The Hall–Kier alpha value is -0.680. The highest BCUT2D eigenvalue weighted by molar-refractivity contribution is 7.99. The van der Waals surface area contributed by atoms with Crippen molar-refractivity contribution < 1.29 is 4.79 Å². The predicted octanol–water partition coefficient (Wildman–Crippen LogP) is 2.83. The summed E-state index contributed by atoms with van der Waals surface area (Å²) < 4.78 is 0. The van der Waals surface area contributed by atoms with E-state index in [2.05, 4.69) is 24.4 Å². The molecule has 88 valence electrons. The first kappa shape index (κ1) is 11.8. The van der Waals surface area contributed by atoms with Crippen LogP contribution in [0.25, 0.3) is 0 Å². The van der Waals surface area contributed by atoms with Crippen molar-refractivity contribution in [3.8, 4) is 0 Å². The molecule has 2 rings (SSSR count). The zero-order chi connectivity index (χ0) is 11.5. The molecule has 0 spiro atoms. The summed E-state index contributed by atoms with van der Waals surface area (Å²) in [5.74, 6) is 1.03. The average molecular weight is 256 g/mol. The number of hydrogen-bond acceptors (Lipinski definition) is 3. The first-order valence-electron chi connectivity index (χ1n) is 5.44. The number of thioether (sulfide) groups is 1. The normalized spacial score (nSPS) is 20.1. The third-order valence-electron chi connectivity index (χ3n) is 2.48. The summed E-state index contributed by atoms with van der Waals surface area (Å²) in [5.41, 5.74) is 0. The summed E-state index contributed by atoms with van der Waals surface area (Å²) in [6.45, 7) is 5.59. The third-order valence-corrected chi connectivity index (χ3v) is 4.93. The minimum atomic E-state index is 0.0588. The number of carbonyl (C=O) groups is 1. The summed E-state index contributed by atoms with van der Waals surface area (Å²) in [7, 11) is 0. The average Bonchev–Trinajstić information content (AvgIpc) is 2.85. The molecule has 0 saturated carbocycles. The van der Waals surface area contributed by atoms with Crippen molar-refractivity contribution in [2.45, 2.75) is 19.2 Å². The number of nitrogens with one attached hydrogen (secondary N) is 1. The van der Waals surface area contributed by atoms with Gasteiger partial charge in [0.2, 0.25) is 0 Å². The fourth-order valence-corrected chi connectivity index (χ4v) is 4.12. The number of hydrogen-bond donors (Lipinski definition) is 1. The molecule has 1 aliphatic rings. The van der Waals surface area contributed by atoms with Gasteiger partial charge in [-0.3, -0.25) is 0 Å². The van der Waals surface area contributed by atoms with Crippen LogP contribution >= 0.6 is 23.1 Å². The Balaban J connectivity index is 2.11. The van der Waals surface area contributed by atoms with E-state index in [0.29, 0.717) is 6.54 Å². The summed E-state index contributed by atoms with van der Waals surface area (Å²) in [6, 6.07) is 4.31. The molecule has 1 aromatic rings. The molecule has 1 unspecified atom stereocenters. The first-order valence-corrected chi connectivity index (χ1v) is 7.31. The molecule has 3 nitrogen and oxygen atoms in total. The number of thiophene rings is 1. The molecule has 1 fully saturated rings. The molecule has 0 radical (unpaired) electrons. The van der Waals surface area contributed by atoms with Crippen molar-refractivity contribution in [2.75, 3.05) is 18.8 Å². The van der Waals surface area contributed by atoms with E-state index in [1.165, 1.54) is 9.75 Å². The Kier molecular flexibility index (Phi) is 3.76. The Labute approximate surface area is 104 Å². The lowest BCUT2D eigenvalue weighted by Crippen LogP contribution is -2.39. The van der Waals surface area contributed by atoms with Gasteiger partial charge in [0.25, 0.3) is 0 Å². The van der Waals surface area contributed by atoms with Crippen molar-refractivity contribution in [3.05, 3.63) is 21.9 Å². The van der Waals surface area contributed by atoms with Crippen molar-refractivity contribution in [1.29, 1.82) is 0 Å². The second-order valence-electron chi connectivity index (χ2n) is 3.70. The number of rotatable bonds is 2. The second-order valence-corrected chi connectivity index (χ2v) is 6.21. The first-order chi connectivity index (χ1) is 7.72. The van der Waals surface area contributed by atoms with Gasteiger partial charge in [-0.15, -0.1) is 23.1 Å². The van der Waals surface area contributed by atoms with Gasteiger partial charge in [-0.1, -0.05) is 0 Å². The number of amides is 2. The lowest BCUT2D eigenvalue weighted by atomic mass is 10.4. The summed E-state index contributed by atoms with van der Waals surface area (Å²) in [5, 5.41) is 3.09. The monoisotopic (exact) mass is 256 g/mol.